The van der Waals surface area contributed by atoms with Gasteiger partial charge in [-0.25, -0.2) is 4.98 Å². The normalized spacial score (nSPS) is 17.6. The van der Waals surface area contributed by atoms with E-state index in [4.69, 9.17) is 9.72 Å². The van der Waals surface area contributed by atoms with Crippen LogP contribution >= 0.6 is 11.3 Å². The summed E-state index contributed by atoms with van der Waals surface area (Å²) in [6, 6.07) is 10.9. The quantitative estimate of drug-likeness (QED) is 0.846. The average molecular weight is 302 g/mol. The van der Waals surface area contributed by atoms with E-state index in [0.29, 0.717) is 12.0 Å². The highest BCUT2D eigenvalue weighted by Crippen LogP contribution is 2.43. The molecule has 2 atom stereocenters. The minimum Gasteiger partial charge on any atom is -0.374 e. The van der Waals surface area contributed by atoms with Gasteiger partial charge in [0.05, 0.1) is 5.69 Å². The minimum absolute atomic E-state index is 0.202. The first-order valence-electron chi connectivity index (χ1n) is 7.51. The number of likely N-dealkylation sites (N-methyl/N-ethyl adjacent to an activating group) is 1. The Balaban J connectivity index is 1.71. The molecule has 1 heterocycles. The first kappa shape index (κ1) is 14.7. The lowest BCUT2D eigenvalue weighted by Crippen LogP contribution is -2.19. The van der Waals surface area contributed by atoms with Crippen LogP contribution in [0.3, 0.4) is 0 Å². The largest absolute Gasteiger partial charge is 0.374 e. The second-order valence-corrected chi connectivity index (χ2v) is 6.52. The number of methoxy groups -OCH3 is 1. The fourth-order valence-corrected chi connectivity index (χ4v) is 3.72. The maximum atomic E-state index is 5.62. The Bertz CT molecular complexity index is 565. The first-order chi connectivity index (χ1) is 10.3. The van der Waals surface area contributed by atoms with E-state index in [2.05, 4.69) is 41.0 Å². The number of hydrogen-bond donors (Lipinski definition) is 1. The second-order valence-electron chi connectivity index (χ2n) is 5.63. The Morgan fingerprint density at radius 2 is 2.10 bits per heavy atom. The van der Waals surface area contributed by atoms with Gasteiger partial charge >= 0.3 is 0 Å². The molecule has 1 N–H and O–H groups in total. The van der Waals surface area contributed by atoms with Crippen molar-refractivity contribution in [2.75, 3.05) is 14.2 Å². The molecule has 1 fully saturated rings. The molecular formula is C17H22N2OS. The number of ether oxygens (including phenoxy) is 1. The summed E-state index contributed by atoms with van der Waals surface area (Å²) in [6.07, 6.45) is 3.67. The summed E-state index contributed by atoms with van der Waals surface area (Å²) in [6.45, 7) is 0. The van der Waals surface area contributed by atoms with Crippen LogP contribution in [-0.2, 0) is 11.2 Å². The molecule has 3 nitrogen and oxygen atoms in total. The highest BCUT2D eigenvalue weighted by Gasteiger charge is 2.34. The molecule has 4 heteroatoms. The summed E-state index contributed by atoms with van der Waals surface area (Å²) < 4.78 is 5.62. The van der Waals surface area contributed by atoms with Gasteiger partial charge in [0.25, 0.3) is 0 Å². The monoisotopic (exact) mass is 302 g/mol. The van der Waals surface area contributed by atoms with E-state index in [-0.39, 0.29) is 6.10 Å². The number of rotatable bonds is 7. The van der Waals surface area contributed by atoms with Crippen LogP contribution in [0, 0.1) is 5.92 Å². The lowest BCUT2D eigenvalue weighted by Gasteiger charge is -2.15. The van der Waals surface area contributed by atoms with Crippen LogP contribution in [0.2, 0.25) is 0 Å². The number of hydrogen-bond acceptors (Lipinski definition) is 4. The van der Waals surface area contributed by atoms with Gasteiger partial charge in [0, 0.05) is 25.0 Å². The maximum absolute atomic E-state index is 5.62. The predicted octanol–water partition coefficient (Wildman–Crippen LogP) is 3.74. The van der Waals surface area contributed by atoms with Crippen LogP contribution in [0.15, 0.2) is 35.7 Å². The maximum Gasteiger partial charge on any atom is 0.122 e. The summed E-state index contributed by atoms with van der Waals surface area (Å²) >= 11 is 1.73. The molecule has 0 spiro atoms. The zero-order valence-electron chi connectivity index (χ0n) is 12.6. The molecule has 1 saturated carbocycles. The Labute approximate surface area is 130 Å². The van der Waals surface area contributed by atoms with Crippen LogP contribution in [0.1, 0.15) is 41.3 Å². The van der Waals surface area contributed by atoms with E-state index in [0.717, 1.165) is 17.1 Å². The molecule has 0 amide bonds. The molecule has 2 unspecified atom stereocenters. The summed E-state index contributed by atoms with van der Waals surface area (Å²) in [5.74, 6) is 0.684. The van der Waals surface area contributed by atoms with Gasteiger partial charge in [0.15, 0.2) is 0 Å². The number of thiazole rings is 1. The van der Waals surface area contributed by atoms with E-state index in [1.54, 1.807) is 18.4 Å². The van der Waals surface area contributed by atoms with Crippen molar-refractivity contribution >= 4 is 11.3 Å². The van der Waals surface area contributed by atoms with E-state index in [1.807, 2.05) is 7.05 Å². The van der Waals surface area contributed by atoms with Gasteiger partial charge in [-0.1, -0.05) is 30.3 Å². The smallest absolute Gasteiger partial charge is 0.122 e. The standard InChI is InChI=1S/C17H22N2OS/c1-18-15(12-6-4-3-5-7-12)10-14-11-21-17(19-14)16(20-2)13-8-9-13/h3-7,11,13,15-16,18H,8-10H2,1-2H3. The SMILES string of the molecule is CNC(Cc1csc(C(OC)C2CC2)n1)c1ccccc1. The van der Waals surface area contributed by atoms with Crippen LogP contribution in [-0.4, -0.2) is 19.1 Å². The van der Waals surface area contributed by atoms with Gasteiger partial charge in [0.1, 0.15) is 11.1 Å². The van der Waals surface area contributed by atoms with E-state index >= 15 is 0 Å². The zero-order valence-corrected chi connectivity index (χ0v) is 13.4. The lowest BCUT2D eigenvalue weighted by molar-refractivity contribution is 0.0842. The Kier molecular flexibility index (Phi) is 4.68. The summed E-state index contributed by atoms with van der Waals surface area (Å²) in [7, 11) is 3.80. The summed E-state index contributed by atoms with van der Waals surface area (Å²) in [4.78, 5) is 4.81. The molecule has 1 aliphatic rings. The Morgan fingerprint density at radius 3 is 2.71 bits per heavy atom. The molecule has 0 radical (unpaired) electrons. The van der Waals surface area contributed by atoms with Gasteiger partial charge in [-0.2, -0.15) is 0 Å². The molecule has 0 saturated heterocycles. The van der Waals surface area contributed by atoms with Crippen molar-refractivity contribution in [2.24, 2.45) is 5.92 Å². The van der Waals surface area contributed by atoms with Gasteiger partial charge in [-0.05, 0) is 31.4 Å². The van der Waals surface area contributed by atoms with Gasteiger partial charge in [-0.3, -0.25) is 0 Å². The molecule has 2 aromatic rings. The molecule has 0 bridgehead atoms. The molecule has 1 aromatic heterocycles. The fourth-order valence-electron chi connectivity index (χ4n) is 2.72. The van der Waals surface area contributed by atoms with Crippen molar-refractivity contribution in [1.82, 2.24) is 10.3 Å². The van der Waals surface area contributed by atoms with Crippen LogP contribution in [0.5, 0.6) is 0 Å². The molecule has 21 heavy (non-hydrogen) atoms. The topological polar surface area (TPSA) is 34.1 Å². The highest BCUT2D eigenvalue weighted by atomic mass is 32.1. The number of nitrogens with one attached hydrogen (secondary N) is 1. The average Bonchev–Trinajstić information content (AvgIpc) is 3.25. The molecule has 1 aromatic carbocycles. The number of nitrogens with zero attached hydrogens (tertiary/aromatic N) is 1. The van der Waals surface area contributed by atoms with E-state index in [1.165, 1.54) is 18.4 Å². The minimum atomic E-state index is 0.202. The fraction of sp³-hybridized carbons (Fsp3) is 0.471. The first-order valence-corrected chi connectivity index (χ1v) is 8.39. The summed E-state index contributed by atoms with van der Waals surface area (Å²) in [5, 5.41) is 6.70. The van der Waals surface area contributed by atoms with Crippen molar-refractivity contribution in [3.05, 3.63) is 52.0 Å². The van der Waals surface area contributed by atoms with E-state index < -0.39 is 0 Å². The van der Waals surface area contributed by atoms with Crippen LogP contribution < -0.4 is 5.32 Å². The third-order valence-corrected chi connectivity index (χ3v) is 5.04. The van der Waals surface area contributed by atoms with Crippen molar-refractivity contribution in [3.8, 4) is 0 Å². The number of benzene rings is 1. The van der Waals surface area contributed by atoms with Gasteiger partial charge < -0.3 is 10.1 Å². The van der Waals surface area contributed by atoms with Gasteiger partial charge in [0.2, 0.25) is 0 Å². The molecular weight excluding hydrogens is 280 g/mol. The Hall–Kier alpha value is -1.23. The third-order valence-electron chi connectivity index (χ3n) is 4.08. The van der Waals surface area contributed by atoms with Crippen LogP contribution in [0.25, 0.3) is 0 Å². The zero-order chi connectivity index (χ0) is 14.7. The van der Waals surface area contributed by atoms with Gasteiger partial charge in [-0.15, -0.1) is 11.3 Å². The van der Waals surface area contributed by atoms with Crippen molar-refractivity contribution < 1.29 is 4.74 Å². The van der Waals surface area contributed by atoms with Crippen molar-refractivity contribution in [3.63, 3.8) is 0 Å². The van der Waals surface area contributed by atoms with Crippen molar-refractivity contribution in [1.29, 1.82) is 0 Å². The third kappa shape index (κ3) is 3.51. The predicted molar refractivity (Wildman–Crippen MR) is 86.5 cm³/mol. The lowest BCUT2D eigenvalue weighted by atomic mass is 10.0. The van der Waals surface area contributed by atoms with Crippen molar-refractivity contribution in [2.45, 2.75) is 31.4 Å². The Morgan fingerprint density at radius 1 is 1.33 bits per heavy atom. The highest BCUT2D eigenvalue weighted by molar-refractivity contribution is 7.09. The van der Waals surface area contributed by atoms with Crippen LogP contribution in [0.4, 0.5) is 0 Å². The molecule has 112 valence electrons. The summed E-state index contributed by atoms with van der Waals surface area (Å²) in [5.41, 5.74) is 2.46. The second kappa shape index (κ2) is 6.69. The molecule has 1 aliphatic carbocycles. The number of aromatic nitrogens is 1. The van der Waals surface area contributed by atoms with E-state index in [9.17, 15) is 0 Å². The molecule has 0 aliphatic heterocycles. The molecule has 3 rings (SSSR count).